The second-order valence-electron chi connectivity index (χ2n) is 6.89. The van der Waals surface area contributed by atoms with Crippen molar-refractivity contribution >= 4 is 23.4 Å². The normalized spacial score (nSPS) is 10.8. The Morgan fingerprint density at radius 1 is 0.967 bits per heavy atom. The van der Waals surface area contributed by atoms with Gasteiger partial charge in [-0.2, -0.15) is 0 Å². The molecule has 30 heavy (non-hydrogen) atoms. The highest BCUT2D eigenvalue weighted by Crippen LogP contribution is 2.29. The highest BCUT2D eigenvalue weighted by molar-refractivity contribution is 6.30. The van der Waals surface area contributed by atoms with E-state index in [2.05, 4.69) is 0 Å². The number of rotatable bonds is 9. The Hall–Kier alpha value is -3.15. The molecule has 6 heteroatoms. The van der Waals surface area contributed by atoms with E-state index in [1.807, 2.05) is 42.5 Å². The summed E-state index contributed by atoms with van der Waals surface area (Å²) in [6.07, 6.45) is 0. The first-order valence-corrected chi connectivity index (χ1v) is 9.84. The van der Waals surface area contributed by atoms with E-state index in [-0.39, 0.29) is 18.9 Å². The Morgan fingerprint density at radius 2 is 1.67 bits per heavy atom. The maximum absolute atomic E-state index is 13.2. The zero-order chi connectivity index (χ0) is 21.5. The third-order valence-corrected chi connectivity index (χ3v) is 4.83. The van der Waals surface area contributed by atoms with Crippen LogP contribution in [0.2, 0.25) is 5.02 Å². The molecule has 1 N–H and O–H groups in total. The van der Waals surface area contributed by atoms with Crippen LogP contribution in [0.4, 0.5) is 0 Å². The summed E-state index contributed by atoms with van der Waals surface area (Å²) in [4.78, 5) is 25.6. The first-order valence-electron chi connectivity index (χ1n) is 9.47. The fourth-order valence-electron chi connectivity index (χ4n) is 3.02. The van der Waals surface area contributed by atoms with Crippen LogP contribution >= 0.6 is 11.6 Å². The minimum atomic E-state index is -0.900. The molecule has 0 aliphatic rings. The maximum atomic E-state index is 13.2. The molecule has 0 aromatic heterocycles. The lowest BCUT2D eigenvalue weighted by molar-refractivity contribution is -0.138. The molecule has 0 unspecified atom stereocenters. The molecule has 0 aliphatic heterocycles. The number of ether oxygens (including phenoxy) is 1. The summed E-state index contributed by atoms with van der Waals surface area (Å²) < 4.78 is 5.87. The van der Waals surface area contributed by atoms with Crippen LogP contribution in [0, 0.1) is 0 Å². The zero-order valence-corrected chi connectivity index (χ0v) is 17.3. The van der Waals surface area contributed by atoms with E-state index >= 15 is 0 Å². The van der Waals surface area contributed by atoms with Crippen LogP contribution in [-0.2, 0) is 4.79 Å². The Kier molecular flexibility index (Phi) is 7.22. The summed E-state index contributed by atoms with van der Waals surface area (Å²) in [6, 6.07) is 22.0. The quantitative estimate of drug-likeness (QED) is 0.508. The zero-order valence-electron chi connectivity index (χ0n) is 16.5. The van der Waals surface area contributed by atoms with Crippen LogP contribution in [0.5, 0.6) is 5.75 Å². The molecular weight excluding hydrogens is 402 g/mol. The summed E-state index contributed by atoms with van der Waals surface area (Å²) in [6.45, 7) is 0.601. The predicted molar refractivity (Wildman–Crippen MR) is 117 cm³/mol. The lowest BCUT2D eigenvalue weighted by Crippen LogP contribution is -2.29. The smallest absolute Gasteiger partial charge is 0.317 e. The molecule has 0 spiro atoms. The Balaban J connectivity index is 1.88. The number of likely N-dealkylation sites (N-methyl/N-ethyl adjacent to an activating group) is 1. The molecule has 5 nitrogen and oxygen atoms in total. The molecule has 0 heterocycles. The molecule has 3 rings (SSSR count). The fraction of sp³-hybridized carbons (Fsp3) is 0.167. The number of hydrogen-bond donors (Lipinski definition) is 1. The van der Waals surface area contributed by atoms with Crippen molar-refractivity contribution < 1.29 is 19.4 Å². The summed E-state index contributed by atoms with van der Waals surface area (Å²) in [7, 11) is 1.70. The average Bonchev–Trinajstić information content (AvgIpc) is 2.74. The number of halogens is 1. The van der Waals surface area contributed by atoms with Crippen LogP contribution < -0.4 is 4.74 Å². The second kappa shape index (κ2) is 10.1. The standard InChI is InChI=1S/C24H22ClNO4/c1-26(16-23(27)28)13-14-30-22-12-9-19(17-5-3-2-4-6-17)15-21(22)24(29)18-7-10-20(25)11-8-18/h2-12,15H,13-14,16H2,1H3,(H,27,28). The Bertz CT molecular complexity index is 1020. The van der Waals surface area contributed by atoms with E-state index in [0.717, 1.165) is 11.1 Å². The van der Waals surface area contributed by atoms with Gasteiger partial charge in [-0.15, -0.1) is 0 Å². The van der Waals surface area contributed by atoms with Crippen molar-refractivity contribution in [3.63, 3.8) is 0 Å². The highest BCUT2D eigenvalue weighted by atomic mass is 35.5. The minimum Gasteiger partial charge on any atom is -0.491 e. The number of carbonyl (C=O) groups excluding carboxylic acids is 1. The lowest BCUT2D eigenvalue weighted by Gasteiger charge is -2.16. The Morgan fingerprint density at radius 3 is 2.33 bits per heavy atom. The van der Waals surface area contributed by atoms with Gasteiger partial charge in [0, 0.05) is 17.1 Å². The number of benzene rings is 3. The van der Waals surface area contributed by atoms with Gasteiger partial charge in [0.25, 0.3) is 0 Å². The van der Waals surface area contributed by atoms with E-state index in [4.69, 9.17) is 21.4 Å². The number of ketones is 1. The first-order chi connectivity index (χ1) is 14.4. The molecule has 0 saturated carbocycles. The molecule has 0 radical (unpaired) electrons. The third-order valence-electron chi connectivity index (χ3n) is 4.57. The van der Waals surface area contributed by atoms with E-state index in [0.29, 0.717) is 28.4 Å². The monoisotopic (exact) mass is 423 g/mol. The highest BCUT2D eigenvalue weighted by Gasteiger charge is 2.17. The van der Waals surface area contributed by atoms with Crippen molar-refractivity contribution in [1.82, 2.24) is 4.90 Å². The lowest BCUT2D eigenvalue weighted by atomic mass is 9.97. The van der Waals surface area contributed by atoms with Gasteiger partial charge in [0.2, 0.25) is 0 Å². The topological polar surface area (TPSA) is 66.8 Å². The molecule has 3 aromatic rings. The number of hydrogen-bond acceptors (Lipinski definition) is 4. The van der Waals surface area contributed by atoms with E-state index in [1.165, 1.54) is 0 Å². The van der Waals surface area contributed by atoms with Crippen molar-refractivity contribution in [1.29, 1.82) is 0 Å². The summed E-state index contributed by atoms with van der Waals surface area (Å²) >= 11 is 5.95. The van der Waals surface area contributed by atoms with Crippen LogP contribution in [0.3, 0.4) is 0 Å². The van der Waals surface area contributed by atoms with Crippen molar-refractivity contribution in [2.75, 3.05) is 26.7 Å². The number of carboxylic acid groups (broad SMARTS) is 1. The second-order valence-corrected chi connectivity index (χ2v) is 7.33. The van der Waals surface area contributed by atoms with Crippen molar-refractivity contribution in [2.45, 2.75) is 0 Å². The minimum absolute atomic E-state index is 0.0765. The molecule has 3 aromatic carbocycles. The number of carbonyl (C=O) groups is 2. The van der Waals surface area contributed by atoms with Gasteiger partial charge >= 0.3 is 5.97 Å². The molecule has 0 saturated heterocycles. The molecule has 154 valence electrons. The van der Waals surface area contributed by atoms with Gasteiger partial charge in [-0.1, -0.05) is 48.0 Å². The van der Waals surface area contributed by atoms with Crippen molar-refractivity contribution in [3.05, 3.63) is 88.9 Å². The molecular formula is C24H22ClNO4. The van der Waals surface area contributed by atoms with Gasteiger partial charge in [0.05, 0.1) is 12.1 Å². The van der Waals surface area contributed by atoms with E-state index in [1.54, 1.807) is 42.3 Å². The fourth-order valence-corrected chi connectivity index (χ4v) is 3.15. The van der Waals surface area contributed by atoms with Crippen LogP contribution in [0.1, 0.15) is 15.9 Å². The van der Waals surface area contributed by atoms with Gasteiger partial charge in [-0.3, -0.25) is 14.5 Å². The van der Waals surface area contributed by atoms with Gasteiger partial charge in [-0.05, 0) is 54.6 Å². The summed E-state index contributed by atoms with van der Waals surface area (Å²) in [5.74, 6) is -0.611. The Labute approximate surface area is 180 Å². The van der Waals surface area contributed by atoms with Crippen LogP contribution in [0.15, 0.2) is 72.8 Å². The van der Waals surface area contributed by atoms with Crippen LogP contribution in [-0.4, -0.2) is 48.5 Å². The SMILES string of the molecule is CN(CCOc1ccc(-c2ccccc2)cc1C(=O)c1ccc(Cl)cc1)CC(=O)O. The molecule has 0 atom stereocenters. The molecule has 0 amide bonds. The van der Waals surface area contributed by atoms with Gasteiger partial charge in [0.1, 0.15) is 12.4 Å². The molecule has 0 bridgehead atoms. The predicted octanol–water partition coefficient (Wildman–Crippen LogP) is 4.63. The maximum Gasteiger partial charge on any atom is 0.317 e. The van der Waals surface area contributed by atoms with E-state index in [9.17, 15) is 9.59 Å². The van der Waals surface area contributed by atoms with Gasteiger partial charge < -0.3 is 9.84 Å². The molecule has 0 fully saturated rings. The van der Waals surface area contributed by atoms with Gasteiger partial charge in [0.15, 0.2) is 5.78 Å². The average molecular weight is 424 g/mol. The van der Waals surface area contributed by atoms with Crippen molar-refractivity contribution in [3.8, 4) is 16.9 Å². The van der Waals surface area contributed by atoms with Crippen LogP contribution in [0.25, 0.3) is 11.1 Å². The summed E-state index contributed by atoms with van der Waals surface area (Å²) in [5, 5.41) is 9.42. The van der Waals surface area contributed by atoms with Crippen molar-refractivity contribution in [2.24, 2.45) is 0 Å². The largest absolute Gasteiger partial charge is 0.491 e. The van der Waals surface area contributed by atoms with E-state index < -0.39 is 5.97 Å². The number of nitrogens with zero attached hydrogens (tertiary/aromatic N) is 1. The van der Waals surface area contributed by atoms with Gasteiger partial charge in [-0.25, -0.2) is 0 Å². The molecule has 0 aliphatic carbocycles. The number of carboxylic acids is 1. The first kappa shape index (κ1) is 21.6. The summed E-state index contributed by atoms with van der Waals surface area (Å²) in [5.41, 5.74) is 2.86. The number of aliphatic carboxylic acids is 1. The third kappa shape index (κ3) is 5.69.